The van der Waals surface area contributed by atoms with Crippen LogP contribution in [-0.2, 0) is 6.61 Å². The van der Waals surface area contributed by atoms with Crippen LogP contribution in [0.3, 0.4) is 0 Å². The predicted molar refractivity (Wildman–Crippen MR) is 71.6 cm³/mol. The van der Waals surface area contributed by atoms with Crippen molar-refractivity contribution in [2.24, 2.45) is 0 Å². The largest absolute Gasteiger partial charge is 0.497 e. The van der Waals surface area contributed by atoms with Gasteiger partial charge < -0.3 is 9.47 Å². The molecule has 0 fully saturated rings. The molecule has 0 bridgehead atoms. The number of aryl methyl sites for hydroxylation is 1. The van der Waals surface area contributed by atoms with Gasteiger partial charge in [0.25, 0.3) is 0 Å². The third-order valence-corrected chi connectivity index (χ3v) is 2.68. The molecule has 0 saturated heterocycles. The zero-order chi connectivity index (χ0) is 14.5. The van der Waals surface area contributed by atoms with Gasteiger partial charge in [-0.2, -0.15) is 0 Å². The Balaban J connectivity index is 2.12. The van der Waals surface area contributed by atoms with Crippen molar-refractivity contribution in [3.05, 3.63) is 53.1 Å². The molecular formula is C15H14FNO3. The number of aromatic nitrogens is 1. The van der Waals surface area contributed by atoms with Crippen molar-refractivity contribution >= 4 is 6.29 Å². The van der Waals surface area contributed by atoms with Crippen molar-refractivity contribution in [1.82, 2.24) is 4.98 Å². The number of halogens is 1. The molecule has 0 atom stereocenters. The Bertz CT molecular complexity index is 629. The van der Waals surface area contributed by atoms with E-state index in [1.54, 1.807) is 19.2 Å². The zero-order valence-corrected chi connectivity index (χ0v) is 11.2. The van der Waals surface area contributed by atoms with E-state index in [0.717, 1.165) is 11.8 Å². The standard InChI is InChI=1S/C15H14FNO3/c1-10-5-13(19-2)7-12(17-10)9-20-15-4-3-11(8-18)6-14(15)16/h3-8H,9H2,1-2H3. The molecule has 2 rings (SSSR count). The van der Waals surface area contributed by atoms with Crippen LogP contribution < -0.4 is 9.47 Å². The average Bonchev–Trinajstić information content (AvgIpc) is 2.45. The van der Waals surface area contributed by atoms with Crippen LogP contribution in [0, 0.1) is 12.7 Å². The fourth-order valence-electron chi connectivity index (χ4n) is 1.75. The molecule has 0 radical (unpaired) electrons. The van der Waals surface area contributed by atoms with E-state index in [4.69, 9.17) is 9.47 Å². The van der Waals surface area contributed by atoms with E-state index < -0.39 is 5.82 Å². The van der Waals surface area contributed by atoms with E-state index in [9.17, 15) is 9.18 Å². The van der Waals surface area contributed by atoms with Gasteiger partial charge in [0.1, 0.15) is 18.6 Å². The van der Waals surface area contributed by atoms with Crippen LogP contribution >= 0.6 is 0 Å². The molecule has 1 aromatic carbocycles. The Hall–Kier alpha value is -2.43. The van der Waals surface area contributed by atoms with Crippen LogP contribution in [0.25, 0.3) is 0 Å². The number of hydrogen-bond donors (Lipinski definition) is 0. The van der Waals surface area contributed by atoms with Crippen LogP contribution in [0.15, 0.2) is 30.3 Å². The van der Waals surface area contributed by atoms with Gasteiger partial charge in [0.05, 0.1) is 12.8 Å². The molecule has 5 heteroatoms. The summed E-state index contributed by atoms with van der Waals surface area (Å²) in [5.74, 6) is 0.181. The van der Waals surface area contributed by atoms with Gasteiger partial charge in [-0.05, 0) is 25.1 Å². The van der Waals surface area contributed by atoms with Gasteiger partial charge in [-0.3, -0.25) is 9.78 Å². The number of aldehydes is 1. The van der Waals surface area contributed by atoms with Gasteiger partial charge in [0.15, 0.2) is 11.6 Å². The summed E-state index contributed by atoms with van der Waals surface area (Å²) in [6.45, 7) is 1.96. The average molecular weight is 275 g/mol. The van der Waals surface area contributed by atoms with E-state index >= 15 is 0 Å². The normalized spacial score (nSPS) is 10.2. The molecule has 104 valence electrons. The summed E-state index contributed by atoms with van der Waals surface area (Å²) in [7, 11) is 1.57. The first kappa shape index (κ1) is 14.0. The number of benzene rings is 1. The summed E-state index contributed by atoms with van der Waals surface area (Å²) in [5, 5.41) is 0. The van der Waals surface area contributed by atoms with Gasteiger partial charge in [0.2, 0.25) is 0 Å². The smallest absolute Gasteiger partial charge is 0.165 e. The maximum Gasteiger partial charge on any atom is 0.165 e. The van der Waals surface area contributed by atoms with Crippen LogP contribution in [0.5, 0.6) is 11.5 Å². The van der Waals surface area contributed by atoms with Crippen molar-refractivity contribution in [3.8, 4) is 11.5 Å². The number of rotatable bonds is 5. The summed E-state index contributed by atoms with van der Waals surface area (Å²) < 4.78 is 24.1. The number of methoxy groups -OCH3 is 1. The number of nitrogens with zero attached hydrogens (tertiary/aromatic N) is 1. The van der Waals surface area contributed by atoms with Crippen molar-refractivity contribution < 1.29 is 18.7 Å². The lowest BCUT2D eigenvalue weighted by atomic mass is 10.2. The molecule has 0 N–H and O–H groups in total. The number of ether oxygens (including phenoxy) is 2. The Kier molecular flexibility index (Phi) is 4.30. The molecule has 2 aromatic rings. The van der Waals surface area contributed by atoms with Gasteiger partial charge in [-0.15, -0.1) is 0 Å². The molecule has 0 spiro atoms. The summed E-state index contributed by atoms with van der Waals surface area (Å²) in [6.07, 6.45) is 0.583. The predicted octanol–water partition coefficient (Wildman–Crippen LogP) is 2.93. The van der Waals surface area contributed by atoms with Crippen LogP contribution in [-0.4, -0.2) is 18.4 Å². The molecule has 1 heterocycles. The summed E-state index contributed by atoms with van der Waals surface area (Å²) in [5.41, 5.74) is 1.70. The van der Waals surface area contributed by atoms with E-state index in [0.29, 0.717) is 17.7 Å². The first-order valence-corrected chi connectivity index (χ1v) is 6.01. The second-order valence-electron chi connectivity index (χ2n) is 4.24. The third-order valence-electron chi connectivity index (χ3n) is 2.68. The van der Waals surface area contributed by atoms with E-state index in [1.807, 2.05) is 6.92 Å². The first-order valence-electron chi connectivity index (χ1n) is 6.01. The number of carbonyl (C=O) groups is 1. The van der Waals surface area contributed by atoms with Gasteiger partial charge in [-0.1, -0.05) is 0 Å². The van der Waals surface area contributed by atoms with Crippen LogP contribution in [0.2, 0.25) is 0 Å². The Morgan fingerprint density at radius 3 is 2.75 bits per heavy atom. The number of hydrogen-bond acceptors (Lipinski definition) is 4. The lowest BCUT2D eigenvalue weighted by Crippen LogP contribution is -2.02. The first-order chi connectivity index (χ1) is 9.62. The molecule has 1 aromatic heterocycles. The third kappa shape index (κ3) is 3.32. The molecule has 0 unspecified atom stereocenters. The summed E-state index contributed by atoms with van der Waals surface area (Å²) in [6, 6.07) is 7.57. The van der Waals surface area contributed by atoms with E-state index in [1.165, 1.54) is 12.1 Å². The minimum atomic E-state index is -0.575. The van der Waals surface area contributed by atoms with Crippen molar-refractivity contribution in [2.75, 3.05) is 7.11 Å². The van der Waals surface area contributed by atoms with Crippen LogP contribution in [0.4, 0.5) is 4.39 Å². The van der Waals surface area contributed by atoms with Crippen molar-refractivity contribution in [1.29, 1.82) is 0 Å². The Morgan fingerprint density at radius 1 is 1.30 bits per heavy atom. The molecule has 0 aliphatic heterocycles. The molecule has 4 nitrogen and oxygen atoms in total. The second-order valence-corrected chi connectivity index (χ2v) is 4.24. The van der Waals surface area contributed by atoms with Crippen molar-refractivity contribution in [3.63, 3.8) is 0 Å². The van der Waals surface area contributed by atoms with Gasteiger partial charge in [0, 0.05) is 23.4 Å². The highest BCUT2D eigenvalue weighted by molar-refractivity contribution is 5.74. The van der Waals surface area contributed by atoms with Crippen molar-refractivity contribution in [2.45, 2.75) is 13.5 Å². The maximum atomic E-state index is 13.6. The van der Waals surface area contributed by atoms with Crippen LogP contribution in [0.1, 0.15) is 21.7 Å². The highest BCUT2D eigenvalue weighted by Crippen LogP contribution is 2.20. The monoisotopic (exact) mass is 275 g/mol. The fourth-order valence-corrected chi connectivity index (χ4v) is 1.75. The number of pyridine rings is 1. The second kappa shape index (κ2) is 6.14. The zero-order valence-electron chi connectivity index (χ0n) is 11.2. The Morgan fingerprint density at radius 2 is 2.10 bits per heavy atom. The van der Waals surface area contributed by atoms with E-state index in [-0.39, 0.29) is 17.9 Å². The van der Waals surface area contributed by atoms with Gasteiger partial charge in [-0.25, -0.2) is 4.39 Å². The Labute approximate surface area is 116 Å². The van der Waals surface area contributed by atoms with E-state index in [2.05, 4.69) is 4.98 Å². The molecule has 0 aliphatic rings. The molecule has 0 aliphatic carbocycles. The highest BCUT2D eigenvalue weighted by Gasteiger charge is 2.06. The minimum absolute atomic E-state index is 0.0814. The molecule has 20 heavy (non-hydrogen) atoms. The SMILES string of the molecule is COc1cc(C)nc(COc2ccc(C=O)cc2F)c1. The minimum Gasteiger partial charge on any atom is -0.497 e. The number of carbonyl (C=O) groups excluding carboxylic acids is 1. The molecule has 0 amide bonds. The lowest BCUT2D eigenvalue weighted by Gasteiger charge is -2.09. The summed E-state index contributed by atoms with van der Waals surface area (Å²) >= 11 is 0. The lowest BCUT2D eigenvalue weighted by molar-refractivity contribution is 0.112. The topological polar surface area (TPSA) is 48.4 Å². The summed E-state index contributed by atoms with van der Waals surface area (Å²) in [4.78, 5) is 14.8. The molecular weight excluding hydrogens is 261 g/mol. The van der Waals surface area contributed by atoms with Gasteiger partial charge >= 0.3 is 0 Å². The maximum absolute atomic E-state index is 13.6. The highest BCUT2D eigenvalue weighted by atomic mass is 19.1. The fraction of sp³-hybridized carbons (Fsp3) is 0.200. The quantitative estimate of drug-likeness (QED) is 0.787. The molecule has 0 saturated carbocycles.